The fourth-order valence-corrected chi connectivity index (χ4v) is 4.48. The molecule has 0 aliphatic heterocycles. The second kappa shape index (κ2) is 6.13. The summed E-state index contributed by atoms with van der Waals surface area (Å²) in [6.07, 6.45) is 5.13. The maximum absolute atomic E-state index is 6.03. The number of nitrogens with one attached hydrogen (secondary N) is 1. The van der Waals surface area contributed by atoms with Gasteiger partial charge in [-0.2, -0.15) is 0 Å². The zero-order valence-corrected chi connectivity index (χ0v) is 13.7. The van der Waals surface area contributed by atoms with E-state index in [1.54, 1.807) is 11.3 Å². The van der Waals surface area contributed by atoms with Gasteiger partial charge < -0.3 is 0 Å². The van der Waals surface area contributed by atoms with Crippen molar-refractivity contribution < 1.29 is 0 Å². The lowest BCUT2D eigenvalue weighted by Gasteiger charge is -2.39. The van der Waals surface area contributed by atoms with Gasteiger partial charge in [-0.05, 0) is 55.1 Å². The fourth-order valence-electron chi connectivity index (χ4n) is 3.26. The van der Waals surface area contributed by atoms with Gasteiger partial charge in [0.1, 0.15) is 0 Å². The van der Waals surface area contributed by atoms with Crippen molar-refractivity contribution in [3.8, 4) is 0 Å². The second-order valence-corrected chi connectivity index (χ2v) is 8.51. The molecule has 1 saturated carbocycles. The molecule has 1 aliphatic carbocycles. The van der Waals surface area contributed by atoms with Crippen molar-refractivity contribution in [2.45, 2.75) is 52.5 Å². The second-order valence-electron chi connectivity index (χ2n) is 6.76. The average molecular weight is 301 g/mol. The van der Waals surface area contributed by atoms with Gasteiger partial charge in [0.2, 0.25) is 0 Å². The van der Waals surface area contributed by atoms with E-state index in [1.807, 2.05) is 6.07 Å². The van der Waals surface area contributed by atoms with Crippen molar-refractivity contribution in [1.82, 2.24) is 5.43 Å². The molecule has 0 aromatic carbocycles. The number of hydrazine groups is 1. The Labute approximate surface area is 125 Å². The van der Waals surface area contributed by atoms with Crippen molar-refractivity contribution in [2.75, 3.05) is 0 Å². The highest BCUT2D eigenvalue weighted by Gasteiger charge is 2.33. The zero-order chi connectivity index (χ0) is 14.0. The molecule has 0 amide bonds. The predicted molar refractivity (Wildman–Crippen MR) is 84.3 cm³/mol. The molecule has 0 saturated heterocycles. The largest absolute Gasteiger partial charge is 0.271 e. The summed E-state index contributed by atoms with van der Waals surface area (Å²) in [7, 11) is 0. The minimum absolute atomic E-state index is 0.262. The van der Waals surface area contributed by atoms with Crippen LogP contribution in [0.15, 0.2) is 12.1 Å². The first kappa shape index (κ1) is 15.3. The van der Waals surface area contributed by atoms with Gasteiger partial charge in [-0.25, -0.2) is 0 Å². The Morgan fingerprint density at radius 1 is 1.26 bits per heavy atom. The molecule has 0 spiro atoms. The summed E-state index contributed by atoms with van der Waals surface area (Å²) in [5.41, 5.74) is 3.44. The molecule has 1 aliphatic rings. The molecule has 19 heavy (non-hydrogen) atoms. The van der Waals surface area contributed by atoms with Gasteiger partial charge >= 0.3 is 0 Å². The van der Waals surface area contributed by atoms with Crippen molar-refractivity contribution in [3.05, 3.63) is 21.3 Å². The van der Waals surface area contributed by atoms with Crippen LogP contribution in [0.3, 0.4) is 0 Å². The molecule has 1 aromatic heterocycles. The van der Waals surface area contributed by atoms with E-state index in [1.165, 1.54) is 30.6 Å². The van der Waals surface area contributed by atoms with Crippen LogP contribution in [0.5, 0.6) is 0 Å². The summed E-state index contributed by atoms with van der Waals surface area (Å²) >= 11 is 7.68. The van der Waals surface area contributed by atoms with Crippen LogP contribution < -0.4 is 11.3 Å². The monoisotopic (exact) mass is 300 g/mol. The van der Waals surface area contributed by atoms with Gasteiger partial charge in [-0.3, -0.25) is 11.3 Å². The highest BCUT2D eigenvalue weighted by molar-refractivity contribution is 7.16. The van der Waals surface area contributed by atoms with E-state index in [4.69, 9.17) is 17.4 Å². The Kier molecular flexibility index (Phi) is 4.93. The van der Waals surface area contributed by atoms with Crippen molar-refractivity contribution >= 4 is 22.9 Å². The summed E-state index contributed by atoms with van der Waals surface area (Å²) in [5, 5.41) is 0. The van der Waals surface area contributed by atoms with Crippen LogP contribution in [0, 0.1) is 17.3 Å². The maximum atomic E-state index is 6.03. The highest BCUT2D eigenvalue weighted by atomic mass is 35.5. The topological polar surface area (TPSA) is 38.0 Å². The SMILES string of the molecule is CC(C)(C)C1CCC(C(NN)c2ccc(Cl)s2)CC1. The smallest absolute Gasteiger partial charge is 0.0931 e. The number of halogens is 1. The van der Waals surface area contributed by atoms with Crippen LogP contribution in [0.2, 0.25) is 4.34 Å². The first-order valence-corrected chi connectivity index (χ1v) is 8.32. The molecule has 1 fully saturated rings. The molecule has 108 valence electrons. The van der Waals surface area contributed by atoms with E-state index < -0.39 is 0 Å². The molecule has 3 N–H and O–H groups in total. The van der Waals surface area contributed by atoms with Gasteiger partial charge in [-0.1, -0.05) is 32.4 Å². The summed E-state index contributed by atoms with van der Waals surface area (Å²) in [5.74, 6) is 7.26. The van der Waals surface area contributed by atoms with Crippen LogP contribution in [0.4, 0.5) is 0 Å². The predicted octanol–water partition coefficient (Wildman–Crippen LogP) is 4.76. The van der Waals surface area contributed by atoms with E-state index >= 15 is 0 Å². The van der Waals surface area contributed by atoms with Crippen LogP contribution in [-0.4, -0.2) is 0 Å². The molecule has 2 rings (SSSR count). The number of nitrogens with two attached hydrogens (primary N) is 1. The Balaban J connectivity index is 1.99. The van der Waals surface area contributed by atoms with Crippen LogP contribution in [0.1, 0.15) is 57.4 Å². The Bertz CT molecular complexity index is 403. The Hall–Kier alpha value is -0.0900. The van der Waals surface area contributed by atoms with E-state index in [2.05, 4.69) is 32.3 Å². The Morgan fingerprint density at radius 3 is 2.32 bits per heavy atom. The summed E-state index contributed by atoms with van der Waals surface area (Å²) in [6.45, 7) is 7.07. The maximum Gasteiger partial charge on any atom is 0.0931 e. The lowest BCUT2D eigenvalue weighted by atomic mass is 9.68. The molecule has 1 atom stereocenters. The molecule has 0 bridgehead atoms. The summed E-state index contributed by atoms with van der Waals surface area (Å²) in [6, 6.07) is 4.33. The van der Waals surface area contributed by atoms with Gasteiger partial charge in [0.25, 0.3) is 0 Å². The van der Waals surface area contributed by atoms with Gasteiger partial charge in [0.05, 0.1) is 10.4 Å². The Morgan fingerprint density at radius 2 is 1.89 bits per heavy atom. The van der Waals surface area contributed by atoms with Crippen LogP contribution in [0.25, 0.3) is 0 Å². The third kappa shape index (κ3) is 3.72. The third-order valence-corrected chi connectivity index (χ3v) is 5.86. The number of thiophene rings is 1. The summed E-state index contributed by atoms with van der Waals surface area (Å²) in [4.78, 5) is 1.27. The van der Waals surface area contributed by atoms with E-state index in [0.717, 1.165) is 10.3 Å². The molecule has 0 radical (unpaired) electrons. The molecule has 4 heteroatoms. The number of hydrogen-bond acceptors (Lipinski definition) is 3. The van der Waals surface area contributed by atoms with E-state index in [-0.39, 0.29) is 6.04 Å². The van der Waals surface area contributed by atoms with Crippen molar-refractivity contribution in [1.29, 1.82) is 0 Å². The minimum Gasteiger partial charge on any atom is -0.271 e. The lowest BCUT2D eigenvalue weighted by Crippen LogP contribution is -2.36. The van der Waals surface area contributed by atoms with Crippen molar-refractivity contribution in [3.63, 3.8) is 0 Å². The lowest BCUT2D eigenvalue weighted by molar-refractivity contribution is 0.133. The zero-order valence-electron chi connectivity index (χ0n) is 12.1. The molecule has 1 heterocycles. The van der Waals surface area contributed by atoms with Gasteiger partial charge in [-0.15, -0.1) is 11.3 Å². The van der Waals surface area contributed by atoms with E-state index in [0.29, 0.717) is 11.3 Å². The third-order valence-electron chi connectivity index (χ3n) is 4.55. The van der Waals surface area contributed by atoms with Crippen LogP contribution in [-0.2, 0) is 0 Å². The molecular weight excluding hydrogens is 276 g/mol. The number of hydrogen-bond donors (Lipinski definition) is 2. The van der Waals surface area contributed by atoms with Gasteiger partial charge in [0, 0.05) is 4.88 Å². The van der Waals surface area contributed by atoms with Crippen molar-refractivity contribution in [2.24, 2.45) is 23.1 Å². The molecular formula is C15H25ClN2S. The van der Waals surface area contributed by atoms with E-state index in [9.17, 15) is 0 Å². The highest BCUT2D eigenvalue weighted by Crippen LogP contribution is 2.44. The minimum atomic E-state index is 0.262. The molecule has 1 aromatic rings. The molecule has 1 unspecified atom stereocenters. The first-order chi connectivity index (χ1) is 8.91. The molecule has 2 nitrogen and oxygen atoms in total. The standard InChI is InChI=1S/C15H25ClN2S/c1-15(2,3)11-6-4-10(5-7-11)14(18-17)12-8-9-13(16)19-12/h8-11,14,18H,4-7,17H2,1-3H3. The fraction of sp³-hybridized carbons (Fsp3) is 0.733. The summed E-state index contributed by atoms with van der Waals surface area (Å²) < 4.78 is 0.846. The first-order valence-electron chi connectivity index (χ1n) is 7.13. The van der Waals surface area contributed by atoms with Gasteiger partial charge in [0.15, 0.2) is 0 Å². The average Bonchev–Trinajstić information content (AvgIpc) is 2.76. The quantitative estimate of drug-likeness (QED) is 0.624. The normalized spacial score (nSPS) is 26.4. The van der Waals surface area contributed by atoms with Crippen LogP contribution >= 0.6 is 22.9 Å². The number of rotatable bonds is 3.